The van der Waals surface area contributed by atoms with Gasteiger partial charge >= 0.3 is 0 Å². The van der Waals surface area contributed by atoms with Crippen molar-refractivity contribution in [1.82, 2.24) is 9.78 Å². The van der Waals surface area contributed by atoms with Crippen LogP contribution in [0.25, 0.3) is 0 Å². The normalized spacial score (nSPS) is 17.0. The van der Waals surface area contributed by atoms with Crippen LogP contribution in [0.4, 0.5) is 4.39 Å². The van der Waals surface area contributed by atoms with Crippen molar-refractivity contribution in [3.05, 3.63) is 50.2 Å². The Morgan fingerprint density at radius 2 is 2.04 bits per heavy atom. The highest BCUT2D eigenvalue weighted by Crippen LogP contribution is 2.33. The molecule has 0 amide bonds. The fraction of sp³-hybridized carbons (Fsp3) is 0.353. The number of aromatic nitrogens is 2. The third kappa shape index (κ3) is 2.89. The number of fused-ring (bicyclic) bond motifs is 1. The first kappa shape index (κ1) is 19.0. The molecule has 0 radical (unpaired) electrons. The number of rotatable bonds is 3. The van der Waals surface area contributed by atoms with Crippen LogP contribution in [0.2, 0.25) is 0 Å². The molecule has 0 saturated heterocycles. The van der Waals surface area contributed by atoms with E-state index in [1.54, 1.807) is 6.92 Å². The Bertz CT molecular complexity index is 1160. The Kier molecular flexibility index (Phi) is 4.54. The van der Waals surface area contributed by atoms with Crippen molar-refractivity contribution in [2.24, 2.45) is 12.2 Å². The summed E-state index contributed by atoms with van der Waals surface area (Å²) in [6, 6.07) is 0.871. The average molecular weight is 395 g/mol. The van der Waals surface area contributed by atoms with Gasteiger partial charge in [0.2, 0.25) is 5.78 Å². The minimum absolute atomic E-state index is 0.0245. The number of H-pyrrole nitrogens is 1. The summed E-state index contributed by atoms with van der Waals surface area (Å²) in [7, 11) is -1.10. The number of sulfone groups is 1. The van der Waals surface area contributed by atoms with Gasteiger partial charge in [0.15, 0.2) is 9.84 Å². The molecule has 0 unspecified atom stereocenters. The van der Waals surface area contributed by atoms with Crippen LogP contribution in [0.1, 0.15) is 39.2 Å². The van der Waals surface area contributed by atoms with Gasteiger partial charge in [-0.25, -0.2) is 12.8 Å². The number of nitrogens with one attached hydrogen (secondary N) is 1. The monoisotopic (exact) mass is 395 g/mol. The van der Waals surface area contributed by atoms with Crippen LogP contribution in [0.15, 0.2) is 20.9 Å². The molecule has 0 atom stereocenters. The Morgan fingerprint density at radius 1 is 1.37 bits per heavy atom. The highest BCUT2D eigenvalue weighted by atomic mass is 32.2. The second-order valence-electron chi connectivity index (χ2n) is 6.33. The van der Waals surface area contributed by atoms with E-state index < -0.39 is 31.9 Å². The summed E-state index contributed by atoms with van der Waals surface area (Å²) in [5.41, 5.74) is 0.0781. The average Bonchev–Trinajstić information content (AvgIpc) is 2.84. The molecule has 2 aromatic rings. The van der Waals surface area contributed by atoms with E-state index in [9.17, 15) is 22.4 Å². The Balaban J connectivity index is 2.34. The van der Waals surface area contributed by atoms with E-state index in [1.165, 1.54) is 21.1 Å². The van der Waals surface area contributed by atoms with Crippen LogP contribution < -0.4 is 5.56 Å². The standard InChI is InChI=1S/C17H18FN3O5S/c1-8-10(15(22)14-9(2)19-21(3)17(14)23)7-11(18)16-13(8)12(20-26-4)5-6-27(16,24)25/h7,19H,5-6H2,1-4H3/b20-12+. The fourth-order valence-electron chi connectivity index (χ4n) is 3.36. The minimum atomic E-state index is -3.86. The predicted octanol–water partition coefficient (Wildman–Crippen LogP) is 1.23. The lowest BCUT2D eigenvalue weighted by Crippen LogP contribution is -2.27. The highest BCUT2D eigenvalue weighted by Gasteiger charge is 2.35. The number of carbonyl (C=O) groups excluding carboxylic acids is 1. The van der Waals surface area contributed by atoms with E-state index in [4.69, 9.17) is 4.84 Å². The molecule has 1 aromatic carbocycles. The molecule has 0 spiro atoms. The molecule has 0 saturated carbocycles. The number of aromatic amines is 1. The molecule has 1 aromatic heterocycles. The number of carbonyl (C=O) groups is 1. The quantitative estimate of drug-likeness (QED) is 0.621. The van der Waals surface area contributed by atoms with E-state index in [2.05, 4.69) is 10.3 Å². The van der Waals surface area contributed by atoms with Gasteiger partial charge in [-0.1, -0.05) is 5.16 Å². The highest BCUT2D eigenvalue weighted by molar-refractivity contribution is 7.91. The zero-order chi connectivity index (χ0) is 20.1. The molecule has 1 aliphatic heterocycles. The van der Waals surface area contributed by atoms with Crippen molar-refractivity contribution in [3.63, 3.8) is 0 Å². The molecule has 0 bridgehead atoms. The second kappa shape index (κ2) is 6.45. The van der Waals surface area contributed by atoms with E-state index in [-0.39, 0.29) is 40.1 Å². The molecule has 1 aliphatic rings. The van der Waals surface area contributed by atoms with Gasteiger partial charge in [0.1, 0.15) is 23.4 Å². The molecule has 0 aliphatic carbocycles. The summed E-state index contributed by atoms with van der Waals surface area (Å²) < 4.78 is 40.7. The maximum Gasteiger partial charge on any atom is 0.277 e. The van der Waals surface area contributed by atoms with Crippen molar-refractivity contribution in [3.8, 4) is 0 Å². The Morgan fingerprint density at radius 3 is 2.59 bits per heavy atom. The van der Waals surface area contributed by atoms with Crippen molar-refractivity contribution in [2.75, 3.05) is 12.9 Å². The summed E-state index contributed by atoms with van der Waals surface area (Å²) in [5, 5.41) is 6.52. The molecular weight excluding hydrogens is 377 g/mol. The Hall–Kier alpha value is -2.75. The van der Waals surface area contributed by atoms with Gasteiger partial charge in [-0.3, -0.25) is 19.4 Å². The zero-order valence-electron chi connectivity index (χ0n) is 15.2. The van der Waals surface area contributed by atoms with Crippen molar-refractivity contribution < 1.29 is 22.4 Å². The summed E-state index contributed by atoms with van der Waals surface area (Å²) in [6.45, 7) is 3.06. The topological polar surface area (TPSA) is 111 Å². The van der Waals surface area contributed by atoms with Gasteiger partial charge < -0.3 is 4.84 Å². The summed E-state index contributed by atoms with van der Waals surface area (Å²) in [5.74, 6) is -2.04. The van der Waals surface area contributed by atoms with E-state index in [1.807, 2.05) is 0 Å². The SMILES string of the molecule is CO/N=C1\CCS(=O)(=O)c2c(F)cc(C(=O)c3c(C)[nH]n(C)c3=O)c(C)c21. The van der Waals surface area contributed by atoms with E-state index >= 15 is 0 Å². The van der Waals surface area contributed by atoms with Crippen LogP contribution >= 0.6 is 0 Å². The number of hydrogen-bond donors (Lipinski definition) is 1. The summed E-state index contributed by atoms with van der Waals surface area (Å²) in [6.07, 6.45) is 0.0338. The number of halogens is 1. The number of aryl methyl sites for hydroxylation is 2. The molecule has 1 N–H and O–H groups in total. The first-order chi connectivity index (χ1) is 12.6. The fourth-order valence-corrected chi connectivity index (χ4v) is 4.96. The predicted molar refractivity (Wildman–Crippen MR) is 95.6 cm³/mol. The first-order valence-electron chi connectivity index (χ1n) is 8.06. The number of benzene rings is 1. The molecule has 3 rings (SSSR count). The largest absolute Gasteiger partial charge is 0.399 e. The summed E-state index contributed by atoms with van der Waals surface area (Å²) >= 11 is 0. The van der Waals surface area contributed by atoms with Gasteiger partial charge in [0, 0.05) is 30.3 Å². The first-order valence-corrected chi connectivity index (χ1v) is 9.72. The molecule has 27 heavy (non-hydrogen) atoms. The van der Waals surface area contributed by atoms with Crippen LogP contribution in [-0.2, 0) is 21.7 Å². The van der Waals surface area contributed by atoms with Crippen molar-refractivity contribution in [2.45, 2.75) is 25.2 Å². The lowest BCUT2D eigenvalue weighted by molar-refractivity contribution is 0.103. The third-order valence-electron chi connectivity index (χ3n) is 4.60. The van der Waals surface area contributed by atoms with Crippen LogP contribution in [0.3, 0.4) is 0 Å². The van der Waals surface area contributed by atoms with Crippen molar-refractivity contribution >= 4 is 21.3 Å². The third-order valence-corrected chi connectivity index (χ3v) is 6.37. The number of oxime groups is 1. The smallest absolute Gasteiger partial charge is 0.277 e. The minimum Gasteiger partial charge on any atom is -0.399 e. The van der Waals surface area contributed by atoms with Crippen LogP contribution in [-0.4, -0.2) is 42.6 Å². The maximum atomic E-state index is 14.8. The molecular formula is C17H18FN3O5S. The lowest BCUT2D eigenvalue weighted by atomic mass is 9.92. The maximum absolute atomic E-state index is 14.8. The molecule has 2 heterocycles. The van der Waals surface area contributed by atoms with Crippen molar-refractivity contribution in [1.29, 1.82) is 0 Å². The van der Waals surface area contributed by atoms with Crippen LogP contribution in [0.5, 0.6) is 0 Å². The lowest BCUT2D eigenvalue weighted by Gasteiger charge is -2.22. The molecule has 0 fully saturated rings. The summed E-state index contributed by atoms with van der Waals surface area (Å²) in [4.78, 5) is 29.5. The zero-order valence-corrected chi connectivity index (χ0v) is 16.0. The number of hydrogen-bond acceptors (Lipinski definition) is 6. The van der Waals surface area contributed by atoms with Gasteiger partial charge in [-0.05, 0) is 25.5 Å². The number of nitrogens with zero attached hydrogens (tertiary/aromatic N) is 2. The molecule has 8 nitrogen and oxygen atoms in total. The van der Waals surface area contributed by atoms with E-state index in [0.29, 0.717) is 5.69 Å². The van der Waals surface area contributed by atoms with Crippen LogP contribution in [0, 0.1) is 19.7 Å². The Labute approximate surface area is 154 Å². The second-order valence-corrected chi connectivity index (χ2v) is 8.38. The number of ketones is 1. The molecule has 10 heteroatoms. The van der Waals surface area contributed by atoms with E-state index in [0.717, 1.165) is 10.7 Å². The van der Waals surface area contributed by atoms with Gasteiger partial charge in [-0.15, -0.1) is 0 Å². The molecule has 144 valence electrons. The van der Waals surface area contributed by atoms with Gasteiger partial charge in [0.25, 0.3) is 5.56 Å². The van der Waals surface area contributed by atoms with Gasteiger partial charge in [-0.2, -0.15) is 0 Å². The van der Waals surface area contributed by atoms with Gasteiger partial charge in [0.05, 0.1) is 11.5 Å².